The first-order valence-electron chi connectivity index (χ1n) is 6.77. The van der Waals surface area contributed by atoms with Crippen molar-refractivity contribution in [3.63, 3.8) is 0 Å². The van der Waals surface area contributed by atoms with Gasteiger partial charge in [0.15, 0.2) is 17.8 Å². The van der Waals surface area contributed by atoms with E-state index in [2.05, 4.69) is 0 Å². The molecule has 0 radical (unpaired) electrons. The minimum Gasteiger partial charge on any atom is -0.485 e. The fourth-order valence-corrected chi connectivity index (χ4v) is 1.81. The maximum absolute atomic E-state index is 5.82. The van der Waals surface area contributed by atoms with Crippen molar-refractivity contribution in [1.82, 2.24) is 0 Å². The Morgan fingerprint density at radius 3 is 1.95 bits per heavy atom. The van der Waals surface area contributed by atoms with Crippen LogP contribution in [0.1, 0.15) is 5.56 Å². The zero-order chi connectivity index (χ0) is 14.9. The first-order chi connectivity index (χ1) is 10.3. The first-order valence-corrected chi connectivity index (χ1v) is 6.77. The summed E-state index contributed by atoms with van der Waals surface area (Å²) in [6.07, 6.45) is -0.396. The van der Waals surface area contributed by atoms with Gasteiger partial charge in [0.05, 0.1) is 0 Å². The Kier molecular flexibility index (Phi) is 6.06. The van der Waals surface area contributed by atoms with E-state index in [0.717, 1.165) is 5.56 Å². The summed E-state index contributed by atoms with van der Waals surface area (Å²) in [6.45, 7) is 0.803. The first kappa shape index (κ1) is 15.4. The van der Waals surface area contributed by atoms with Crippen LogP contribution in [-0.2, 0) is 16.1 Å². The second kappa shape index (κ2) is 8.29. The van der Waals surface area contributed by atoms with Crippen molar-refractivity contribution in [2.24, 2.45) is 0 Å². The van der Waals surface area contributed by atoms with Gasteiger partial charge in [0.2, 0.25) is 0 Å². The normalized spacial score (nSPS) is 10.6. The number of rotatable bonds is 8. The second-order valence-electron chi connectivity index (χ2n) is 4.43. The van der Waals surface area contributed by atoms with E-state index in [1.54, 1.807) is 14.2 Å². The third kappa shape index (κ3) is 4.77. The summed E-state index contributed by atoms with van der Waals surface area (Å²) >= 11 is 0. The van der Waals surface area contributed by atoms with Gasteiger partial charge >= 0.3 is 0 Å². The molecule has 0 spiro atoms. The molecule has 0 amide bonds. The van der Waals surface area contributed by atoms with Crippen LogP contribution in [0.2, 0.25) is 0 Å². The fraction of sp³-hybridized carbons (Fsp3) is 0.294. The Balaban J connectivity index is 1.96. The van der Waals surface area contributed by atoms with Gasteiger partial charge < -0.3 is 18.9 Å². The molecule has 0 saturated heterocycles. The maximum atomic E-state index is 5.82. The van der Waals surface area contributed by atoms with Crippen molar-refractivity contribution in [3.8, 4) is 11.5 Å². The summed E-state index contributed by atoms with van der Waals surface area (Å²) < 4.78 is 21.7. The number of methoxy groups -OCH3 is 2. The van der Waals surface area contributed by atoms with E-state index >= 15 is 0 Å². The number of hydrogen-bond donors (Lipinski definition) is 0. The van der Waals surface area contributed by atoms with E-state index in [-0.39, 0.29) is 0 Å². The quantitative estimate of drug-likeness (QED) is 0.699. The molecule has 0 aromatic heterocycles. The van der Waals surface area contributed by atoms with E-state index in [9.17, 15) is 0 Å². The summed E-state index contributed by atoms with van der Waals surface area (Å²) in [5.74, 6) is 1.37. The zero-order valence-electron chi connectivity index (χ0n) is 12.3. The van der Waals surface area contributed by atoms with Crippen LogP contribution >= 0.6 is 0 Å². The lowest BCUT2D eigenvalue weighted by atomic mass is 10.2. The molecule has 21 heavy (non-hydrogen) atoms. The molecule has 0 heterocycles. The molecule has 0 saturated carbocycles. The Morgan fingerprint density at radius 1 is 0.762 bits per heavy atom. The van der Waals surface area contributed by atoms with Crippen LogP contribution in [-0.4, -0.2) is 27.1 Å². The second-order valence-corrected chi connectivity index (χ2v) is 4.43. The monoisotopic (exact) mass is 288 g/mol. The molecule has 0 bridgehead atoms. The molecule has 2 aromatic rings. The van der Waals surface area contributed by atoms with Gasteiger partial charge in [0.25, 0.3) is 0 Å². The van der Waals surface area contributed by atoms with Crippen molar-refractivity contribution >= 4 is 0 Å². The number of ether oxygens (including phenoxy) is 4. The maximum Gasteiger partial charge on any atom is 0.191 e. The lowest BCUT2D eigenvalue weighted by molar-refractivity contribution is -0.122. The summed E-state index contributed by atoms with van der Waals surface area (Å²) in [5, 5.41) is 0. The highest BCUT2D eigenvalue weighted by Crippen LogP contribution is 2.27. The Bertz CT molecular complexity index is 523. The van der Waals surface area contributed by atoms with Crippen LogP contribution < -0.4 is 9.47 Å². The van der Waals surface area contributed by atoms with Crippen molar-refractivity contribution < 1.29 is 18.9 Å². The zero-order valence-corrected chi connectivity index (χ0v) is 12.3. The van der Waals surface area contributed by atoms with Gasteiger partial charge in [-0.15, -0.1) is 0 Å². The van der Waals surface area contributed by atoms with E-state index in [1.165, 1.54) is 0 Å². The highest BCUT2D eigenvalue weighted by Gasteiger charge is 2.09. The molecule has 0 aliphatic rings. The predicted octanol–water partition coefficient (Wildman–Crippen LogP) is 3.26. The Hall–Kier alpha value is -2.04. The molecule has 0 unspecified atom stereocenters. The lowest BCUT2D eigenvalue weighted by Gasteiger charge is -2.16. The number of para-hydroxylation sites is 2. The summed E-state index contributed by atoms with van der Waals surface area (Å²) in [5.41, 5.74) is 1.11. The molecule has 0 atom stereocenters. The predicted molar refractivity (Wildman–Crippen MR) is 80.5 cm³/mol. The molecule has 112 valence electrons. The summed E-state index contributed by atoms with van der Waals surface area (Å²) in [7, 11) is 3.16. The highest BCUT2D eigenvalue weighted by molar-refractivity contribution is 5.39. The fourth-order valence-electron chi connectivity index (χ4n) is 1.81. The van der Waals surface area contributed by atoms with Crippen molar-refractivity contribution in [1.29, 1.82) is 0 Å². The van der Waals surface area contributed by atoms with Crippen molar-refractivity contribution in [2.75, 3.05) is 20.8 Å². The molecular weight excluding hydrogens is 268 g/mol. The molecule has 0 aliphatic carbocycles. The summed E-state index contributed by atoms with van der Waals surface area (Å²) in [4.78, 5) is 0. The van der Waals surface area contributed by atoms with Gasteiger partial charge in [-0.1, -0.05) is 42.5 Å². The van der Waals surface area contributed by atoms with Crippen LogP contribution in [0.25, 0.3) is 0 Å². The van der Waals surface area contributed by atoms with E-state index < -0.39 is 6.29 Å². The van der Waals surface area contributed by atoms with Gasteiger partial charge in [0, 0.05) is 14.2 Å². The van der Waals surface area contributed by atoms with Crippen LogP contribution in [0.5, 0.6) is 11.5 Å². The van der Waals surface area contributed by atoms with E-state index in [0.29, 0.717) is 24.7 Å². The van der Waals surface area contributed by atoms with Gasteiger partial charge in [-0.05, 0) is 17.7 Å². The van der Waals surface area contributed by atoms with Crippen LogP contribution in [0.4, 0.5) is 0 Å². The molecule has 2 rings (SSSR count). The summed E-state index contributed by atoms with van der Waals surface area (Å²) in [6, 6.07) is 17.6. The average molecular weight is 288 g/mol. The Morgan fingerprint density at radius 2 is 1.33 bits per heavy atom. The SMILES string of the molecule is COC(COc1ccccc1OCc1ccccc1)OC. The number of benzene rings is 2. The molecule has 0 aliphatic heterocycles. The van der Waals surface area contributed by atoms with Crippen LogP contribution in [0.15, 0.2) is 54.6 Å². The smallest absolute Gasteiger partial charge is 0.191 e. The van der Waals surface area contributed by atoms with Crippen molar-refractivity contribution in [3.05, 3.63) is 60.2 Å². The third-order valence-corrected chi connectivity index (χ3v) is 2.99. The molecule has 4 heteroatoms. The minimum absolute atomic E-state index is 0.304. The molecule has 0 N–H and O–H groups in total. The Labute approximate surface area is 125 Å². The molecule has 4 nitrogen and oxygen atoms in total. The van der Waals surface area contributed by atoms with Crippen molar-refractivity contribution in [2.45, 2.75) is 12.9 Å². The molecule has 0 fully saturated rings. The van der Waals surface area contributed by atoms with Gasteiger partial charge in [-0.3, -0.25) is 0 Å². The van der Waals surface area contributed by atoms with Crippen LogP contribution in [0.3, 0.4) is 0 Å². The lowest BCUT2D eigenvalue weighted by Crippen LogP contribution is -2.22. The average Bonchev–Trinajstić information content (AvgIpc) is 2.56. The third-order valence-electron chi connectivity index (χ3n) is 2.99. The standard InChI is InChI=1S/C17H20O4/c1-18-17(19-2)13-21-16-11-7-6-10-15(16)20-12-14-8-4-3-5-9-14/h3-11,17H,12-13H2,1-2H3. The van der Waals surface area contributed by atoms with Gasteiger partial charge in [-0.25, -0.2) is 0 Å². The number of hydrogen-bond acceptors (Lipinski definition) is 4. The van der Waals surface area contributed by atoms with Gasteiger partial charge in [0.1, 0.15) is 13.2 Å². The highest BCUT2D eigenvalue weighted by atomic mass is 16.7. The van der Waals surface area contributed by atoms with E-state index in [4.69, 9.17) is 18.9 Å². The molecular formula is C17H20O4. The van der Waals surface area contributed by atoms with Gasteiger partial charge in [-0.2, -0.15) is 0 Å². The largest absolute Gasteiger partial charge is 0.485 e. The van der Waals surface area contributed by atoms with E-state index in [1.807, 2.05) is 54.6 Å². The minimum atomic E-state index is -0.396. The molecule has 2 aromatic carbocycles. The van der Waals surface area contributed by atoms with Crippen LogP contribution in [0, 0.1) is 0 Å². The topological polar surface area (TPSA) is 36.9 Å².